The third-order valence-electron chi connectivity index (χ3n) is 2.70. The molecule has 1 heterocycles. The van der Waals surface area contributed by atoms with Crippen molar-refractivity contribution in [3.05, 3.63) is 41.7 Å². The molecule has 0 aliphatic heterocycles. The highest BCUT2D eigenvalue weighted by molar-refractivity contribution is 5.57. The minimum absolute atomic E-state index is 0.205. The zero-order valence-corrected chi connectivity index (χ0v) is 10.7. The smallest absolute Gasteiger partial charge is 0.208 e. The van der Waals surface area contributed by atoms with Gasteiger partial charge in [-0.15, -0.1) is 0 Å². The lowest BCUT2D eigenvalue weighted by atomic mass is 10.1. The molecule has 0 atom stereocenters. The number of nitrogens with zero attached hydrogens (tertiary/aromatic N) is 1. The molecule has 2 aromatic rings. The van der Waals surface area contributed by atoms with Gasteiger partial charge in [-0.1, -0.05) is 6.92 Å². The lowest BCUT2D eigenvalue weighted by molar-refractivity contribution is 0.478. The van der Waals surface area contributed by atoms with Crippen LogP contribution in [0, 0.1) is 12.7 Å². The molecule has 96 valence electrons. The first-order chi connectivity index (χ1) is 8.70. The van der Waals surface area contributed by atoms with Crippen molar-refractivity contribution in [3.63, 3.8) is 0 Å². The van der Waals surface area contributed by atoms with Gasteiger partial charge in [-0.25, -0.2) is 9.37 Å². The van der Waals surface area contributed by atoms with Crippen molar-refractivity contribution in [1.82, 2.24) is 10.3 Å². The van der Waals surface area contributed by atoms with Crippen LogP contribution in [0.25, 0.3) is 11.3 Å². The number of oxazole rings is 1. The molecule has 0 aliphatic rings. The van der Waals surface area contributed by atoms with E-state index in [-0.39, 0.29) is 5.82 Å². The quantitative estimate of drug-likeness (QED) is 0.825. The van der Waals surface area contributed by atoms with Crippen LogP contribution >= 0.6 is 0 Å². The van der Waals surface area contributed by atoms with E-state index < -0.39 is 0 Å². The van der Waals surface area contributed by atoms with Gasteiger partial charge in [0.2, 0.25) is 5.89 Å². The minimum Gasteiger partial charge on any atom is -0.439 e. The second-order valence-electron chi connectivity index (χ2n) is 4.26. The Bertz CT molecular complexity index is 522. The van der Waals surface area contributed by atoms with Gasteiger partial charge < -0.3 is 9.73 Å². The average Bonchev–Trinajstić information content (AvgIpc) is 2.82. The molecule has 1 aromatic carbocycles. The molecular formula is C14H17FN2O. The molecule has 0 unspecified atom stereocenters. The molecule has 2 rings (SSSR count). The van der Waals surface area contributed by atoms with E-state index >= 15 is 0 Å². The highest BCUT2D eigenvalue weighted by Gasteiger charge is 2.07. The lowest BCUT2D eigenvalue weighted by Crippen LogP contribution is -2.13. The van der Waals surface area contributed by atoms with E-state index in [1.54, 1.807) is 25.3 Å². The normalized spacial score (nSPS) is 10.8. The van der Waals surface area contributed by atoms with Crippen LogP contribution in [0.1, 0.15) is 24.8 Å². The first-order valence-electron chi connectivity index (χ1n) is 6.12. The van der Waals surface area contributed by atoms with Crippen LogP contribution in [0.5, 0.6) is 0 Å². The maximum absolute atomic E-state index is 13.2. The monoisotopic (exact) mass is 248 g/mol. The zero-order valence-electron chi connectivity index (χ0n) is 10.7. The molecule has 0 radical (unpaired) electrons. The largest absolute Gasteiger partial charge is 0.439 e. The highest BCUT2D eigenvalue weighted by atomic mass is 19.1. The van der Waals surface area contributed by atoms with Gasteiger partial charge in [-0.3, -0.25) is 0 Å². The fourth-order valence-electron chi connectivity index (χ4n) is 1.70. The van der Waals surface area contributed by atoms with Crippen LogP contribution in [0.15, 0.2) is 28.8 Å². The summed E-state index contributed by atoms with van der Waals surface area (Å²) in [6.45, 7) is 5.40. The molecule has 0 spiro atoms. The van der Waals surface area contributed by atoms with Gasteiger partial charge in [-0.05, 0) is 43.7 Å². The summed E-state index contributed by atoms with van der Waals surface area (Å²) in [6.07, 6.45) is 2.75. The molecule has 0 fully saturated rings. The predicted octanol–water partition coefficient (Wildman–Crippen LogP) is 3.29. The summed E-state index contributed by atoms with van der Waals surface area (Å²) >= 11 is 0. The zero-order chi connectivity index (χ0) is 13.0. The molecule has 4 heteroatoms. The Labute approximate surface area is 106 Å². The van der Waals surface area contributed by atoms with Gasteiger partial charge in [0.15, 0.2) is 5.76 Å². The molecule has 18 heavy (non-hydrogen) atoms. The van der Waals surface area contributed by atoms with Crippen molar-refractivity contribution < 1.29 is 8.81 Å². The van der Waals surface area contributed by atoms with Gasteiger partial charge in [0.1, 0.15) is 5.82 Å². The number of benzene rings is 1. The fourth-order valence-corrected chi connectivity index (χ4v) is 1.70. The molecule has 1 aromatic heterocycles. The average molecular weight is 248 g/mol. The third-order valence-corrected chi connectivity index (χ3v) is 2.70. The van der Waals surface area contributed by atoms with Crippen LogP contribution in [-0.4, -0.2) is 11.5 Å². The number of nitrogens with one attached hydrogen (secondary N) is 1. The van der Waals surface area contributed by atoms with E-state index in [1.165, 1.54) is 6.07 Å². The molecule has 3 nitrogen and oxygen atoms in total. The Balaban J connectivity index is 2.11. The number of aromatic nitrogens is 1. The fraction of sp³-hybridized carbons (Fsp3) is 0.357. The second-order valence-corrected chi connectivity index (χ2v) is 4.26. The van der Waals surface area contributed by atoms with Crippen LogP contribution in [0.3, 0.4) is 0 Å². The standard InChI is InChI=1S/C14H17FN2O/c1-3-6-16-9-14-17-8-13(18-14)11-4-5-12(15)10(2)7-11/h4-5,7-8,16H,3,6,9H2,1-2H3. The van der Waals surface area contributed by atoms with E-state index in [0.29, 0.717) is 23.8 Å². The van der Waals surface area contributed by atoms with Crippen LogP contribution in [0.4, 0.5) is 4.39 Å². The second kappa shape index (κ2) is 5.78. The summed E-state index contributed by atoms with van der Waals surface area (Å²) in [7, 11) is 0. The van der Waals surface area contributed by atoms with Crippen LogP contribution < -0.4 is 5.32 Å². The highest BCUT2D eigenvalue weighted by Crippen LogP contribution is 2.22. The molecule has 0 amide bonds. The van der Waals surface area contributed by atoms with Crippen molar-refractivity contribution in [2.45, 2.75) is 26.8 Å². The predicted molar refractivity (Wildman–Crippen MR) is 68.6 cm³/mol. The molecule has 1 N–H and O–H groups in total. The van der Waals surface area contributed by atoms with Gasteiger partial charge in [0.05, 0.1) is 12.7 Å². The van der Waals surface area contributed by atoms with E-state index in [0.717, 1.165) is 18.5 Å². The summed E-state index contributed by atoms with van der Waals surface area (Å²) < 4.78 is 18.8. The summed E-state index contributed by atoms with van der Waals surface area (Å²) in [5, 5.41) is 3.22. The SMILES string of the molecule is CCCNCc1ncc(-c2ccc(F)c(C)c2)o1. The van der Waals surface area contributed by atoms with Gasteiger partial charge >= 0.3 is 0 Å². The number of halogens is 1. The molecule has 0 bridgehead atoms. The minimum atomic E-state index is -0.205. The van der Waals surface area contributed by atoms with E-state index in [9.17, 15) is 4.39 Å². The van der Waals surface area contributed by atoms with Gasteiger partial charge in [-0.2, -0.15) is 0 Å². The third kappa shape index (κ3) is 2.96. The first-order valence-corrected chi connectivity index (χ1v) is 6.12. The summed E-state index contributed by atoms with van der Waals surface area (Å²) in [4.78, 5) is 4.19. The van der Waals surface area contributed by atoms with Crippen molar-refractivity contribution in [3.8, 4) is 11.3 Å². The Hall–Kier alpha value is -1.68. The molecule has 0 aliphatic carbocycles. The van der Waals surface area contributed by atoms with Crippen molar-refractivity contribution in [2.75, 3.05) is 6.54 Å². The van der Waals surface area contributed by atoms with Crippen molar-refractivity contribution in [2.24, 2.45) is 0 Å². The molecule has 0 saturated heterocycles. The Morgan fingerprint density at radius 2 is 2.22 bits per heavy atom. The van der Waals surface area contributed by atoms with E-state index in [1.807, 2.05) is 0 Å². The van der Waals surface area contributed by atoms with Crippen LogP contribution in [-0.2, 0) is 6.54 Å². The molecular weight excluding hydrogens is 231 g/mol. The first kappa shape index (κ1) is 12.8. The number of rotatable bonds is 5. The Morgan fingerprint density at radius 3 is 2.94 bits per heavy atom. The molecule has 0 saturated carbocycles. The van der Waals surface area contributed by atoms with Gasteiger partial charge in [0, 0.05) is 5.56 Å². The number of hydrogen-bond donors (Lipinski definition) is 1. The Kier molecular flexibility index (Phi) is 4.10. The summed E-state index contributed by atoms with van der Waals surface area (Å²) in [5.74, 6) is 1.12. The van der Waals surface area contributed by atoms with E-state index in [2.05, 4.69) is 17.2 Å². The van der Waals surface area contributed by atoms with Gasteiger partial charge in [0.25, 0.3) is 0 Å². The van der Waals surface area contributed by atoms with Crippen molar-refractivity contribution in [1.29, 1.82) is 0 Å². The lowest BCUT2D eigenvalue weighted by Gasteiger charge is -2.00. The van der Waals surface area contributed by atoms with Crippen LogP contribution in [0.2, 0.25) is 0 Å². The summed E-state index contributed by atoms with van der Waals surface area (Å²) in [6, 6.07) is 4.91. The maximum Gasteiger partial charge on any atom is 0.208 e. The van der Waals surface area contributed by atoms with Crippen molar-refractivity contribution >= 4 is 0 Å². The number of hydrogen-bond acceptors (Lipinski definition) is 3. The van der Waals surface area contributed by atoms with E-state index in [4.69, 9.17) is 4.42 Å². The summed E-state index contributed by atoms with van der Waals surface area (Å²) in [5.41, 5.74) is 1.46. The number of aryl methyl sites for hydroxylation is 1. The maximum atomic E-state index is 13.2. The Morgan fingerprint density at radius 1 is 1.39 bits per heavy atom. The topological polar surface area (TPSA) is 38.1 Å².